The maximum atomic E-state index is 6.09. The standard InChI is InChI=1S/C18H25Cl2NO/c1-3-4-12-9-13-5-8-18(21(13)2)15(12)11-22-14-6-7-16(19)17(20)10-14/h6-7,10,12-13,15,18H,3-5,8-9,11H2,1-2H3/t12-,13?,15+,18?/m0/s1. The maximum absolute atomic E-state index is 6.09. The fourth-order valence-electron chi connectivity index (χ4n) is 4.39. The molecule has 0 radical (unpaired) electrons. The van der Waals surface area contributed by atoms with Crippen molar-refractivity contribution in [2.75, 3.05) is 13.7 Å². The fourth-order valence-corrected chi connectivity index (χ4v) is 4.68. The van der Waals surface area contributed by atoms with E-state index in [2.05, 4.69) is 18.9 Å². The molecule has 2 saturated heterocycles. The lowest BCUT2D eigenvalue weighted by Gasteiger charge is -2.43. The minimum absolute atomic E-state index is 0.561. The molecule has 2 bridgehead atoms. The number of ether oxygens (including phenoxy) is 1. The van der Waals surface area contributed by atoms with E-state index in [1.165, 1.54) is 32.1 Å². The third-order valence-corrected chi connectivity index (χ3v) is 6.30. The number of benzene rings is 1. The van der Waals surface area contributed by atoms with Crippen molar-refractivity contribution >= 4 is 23.2 Å². The quantitative estimate of drug-likeness (QED) is 0.723. The Balaban J connectivity index is 1.69. The highest BCUT2D eigenvalue weighted by Gasteiger charge is 2.45. The molecular formula is C18H25Cl2NO. The minimum atomic E-state index is 0.561. The Morgan fingerprint density at radius 1 is 1.23 bits per heavy atom. The van der Waals surface area contributed by atoms with Gasteiger partial charge in [-0.3, -0.25) is 0 Å². The Kier molecular flexibility index (Phi) is 5.21. The van der Waals surface area contributed by atoms with E-state index >= 15 is 0 Å². The highest BCUT2D eigenvalue weighted by molar-refractivity contribution is 6.42. The number of nitrogens with zero attached hydrogens (tertiary/aromatic N) is 1. The average Bonchev–Trinajstić information content (AvgIpc) is 2.74. The molecule has 2 heterocycles. The summed E-state index contributed by atoms with van der Waals surface area (Å²) in [5.41, 5.74) is 0. The molecular weight excluding hydrogens is 317 g/mol. The molecule has 4 atom stereocenters. The number of piperidine rings is 1. The first-order chi connectivity index (χ1) is 10.6. The van der Waals surface area contributed by atoms with E-state index in [4.69, 9.17) is 27.9 Å². The Labute approximate surface area is 143 Å². The summed E-state index contributed by atoms with van der Waals surface area (Å²) < 4.78 is 6.09. The van der Waals surface area contributed by atoms with Crippen LogP contribution in [0.15, 0.2) is 18.2 Å². The molecule has 122 valence electrons. The number of rotatable bonds is 5. The number of halogens is 2. The van der Waals surface area contributed by atoms with Crippen LogP contribution in [0.25, 0.3) is 0 Å². The average molecular weight is 342 g/mol. The van der Waals surface area contributed by atoms with Gasteiger partial charge in [0.05, 0.1) is 16.7 Å². The van der Waals surface area contributed by atoms with Crippen LogP contribution in [-0.4, -0.2) is 30.6 Å². The normalized spacial score (nSPS) is 31.5. The highest BCUT2D eigenvalue weighted by atomic mass is 35.5. The van der Waals surface area contributed by atoms with Gasteiger partial charge < -0.3 is 9.64 Å². The molecule has 0 spiro atoms. The van der Waals surface area contributed by atoms with E-state index in [0.717, 1.165) is 24.3 Å². The maximum Gasteiger partial charge on any atom is 0.120 e. The Morgan fingerprint density at radius 3 is 2.77 bits per heavy atom. The zero-order valence-corrected chi connectivity index (χ0v) is 14.9. The van der Waals surface area contributed by atoms with Crippen molar-refractivity contribution in [3.8, 4) is 5.75 Å². The van der Waals surface area contributed by atoms with Gasteiger partial charge in [-0.15, -0.1) is 0 Å². The summed E-state index contributed by atoms with van der Waals surface area (Å²) in [5, 5.41) is 1.14. The molecule has 22 heavy (non-hydrogen) atoms. The van der Waals surface area contributed by atoms with Crippen LogP contribution in [0, 0.1) is 11.8 Å². The lowest BCUT2D eigenvalue weighted by atomic mass is 9.78. The molecule has 0 N–H and O–H groups in total. The summed E-state index contributed by atoms with van der Waals surface area (Å²) in [6.07, 6.45) is 6.57. The van der Waals surface area contributed by atoms with Gasteiger partial charge >= 0.3 is 0 Å². The number of fused-ring (bicyclic) bond motifs is 2. The van der Waals surface area contributed by atoms with Crippen LogP contribution in [0.5, 0.6) is 5.75 Å². The van der Waals surface area contributed by atoms with Crippen molar-refractivity contribution in [3.63, 3.8) is 0 Å². The third-order valence-electron chi connectivity index (χ3n) is 5.56. The van der Waals surface area contributed by atoms with Crippen LogP contribution >= 0.6 is 23.2 Å². The van der Waals surface area contributed by atoms with Gasteiger partial charge in [0.1, 0.15) is 5.75 Å². The first-order valence-corrected chi connectivity index (χ1v) is 9.15. The van der Waals surface area contributed by atoms with E-state index in [-0.39, 0.29) is 0 Å². The van der Waals surface area contributed by atoms with Crippen molar-refractivity contribution in [1.29, 1.82) is 0 Å². The smallest absolute Gasteiger partial charge is 0.120 e. The predicted octanol–water partition coefficient (Wildman–Crippen LogP) is 5.27. The van der Waals surface area contributed by atoms with E-state index in [1.54, 1.807) is 6.07 Å². The summed E-state index contributed by atoms with van der Waals surface area (Å²) in [6.45, 7) is 3.07. The van der Waals surface area contributed by atoms with E-state index in [9.17, 15) is 0 Å². The molecule has 1 aromatic carbocycles. The van der Waals surface area contributed by atoms with Crippen LogP contribution in [0.4, 0.5) is 0 Å². The molecule has 2 nitrogen and oxygen atoms in total. The van der Waals surface area contributed by atoms with Crippen LogP contribution in [-0.2, 0) is 0 Å². The van der Waals surface area contributed by atoms with Gasteiger partial charge in [0.15, 0.2) is 0 Å². The molecule has 2 fully saturated rings. The van der Waals surface area contributed by atoms with E-state index in [1.807, 2.05) is 12.1 Å². The second-order valence-corrected chi connectivity index (χ2v) is 7.61. The van der Waals surface area contributed by atoms with Gasteiger partial charge in [0, 0.05) is 24.1 Å². The van der Waals surface area contributed by atoms with Crippen LogP contribution < -0.4 is 4.74 Å². The van der Waals surface area contributed by atoms with Crippen molar-refractivity contribution in [2.24, 2.45) is 11.8 Å². The third kappa shape index (κ3) is 3.25. The highest BCUT2D eigenvalue weighted by Crippen LogP contribution is 2.43. The van der Waals surface area contributed by atoms with Gasteiger partial charge in [0.25, 0.3) is 0 Å². The summed E-state index contributed by atoms with van der Waals surface area (Å²) >= 11 is 12.0. The predicted molar refractivity (Wildman–Crippen MR) is 93.0 cm³/mol. The van der Waals surface area contributed by atoms with E-state index in [0.29, 0.717) is 22.0 Å². The molecule has 1 aromatic rings. The van der Waals surface area contributed by atoms with E-state index < -0.39 is 0 Å². The second kappa shape index (κ2) is 6.98. The monoisotopic (exact) mass is 341 g/mol. The molecule has 2 unspecified atom stereocenters. The SMILES string of the molecule is CCC[C@H]1CC2CCC([C@@H]1COc1ccc(Cl)c(Cl)c1)N2C. The molecule has 3 rings (SSSR count). The lowest BCUT2D eigenvalue weighted by molar-refractivity contribution is 0.0338. The van der Waals surface area contributed by atoms with Crippen LogP contribution in [0.3, 0.4) is 0 Å². The Morgan fingerprint density at radius 2 is 2.05 bits per heavy atom. The molecule has 0 saturated carbocycles. The van der Waals surface area contributed by atoms with Crippen molar-refractivity contribution in [1.82, 2.24) is 4.90 Å². The minimum Gasteiger partial charge on any atom is -0.493 e. The zero-order valence-electron chi connectivity index (χ0n) is 13.4. The van der Waals surface area contributed by atoms with Crippen molar-refractivity contribution in [2.45, 2.75) is 51.1 Å². The molecule has 2 aliphatic heterocycles. The summed E-state index contributed by atoms with van der Waals surface area (Å²) in [5.74, 6) is 2.24. The molecule has 0 amide bonds. The van der Waals surface area contributed by atoms with Gasteiger partial charge in [-0.1, -0.05) is 43.0 Å². The fraction of sp³-hybridized carbons (Fsp3) is 0.667. The molecule has 0 aromatic heterocycles. The first kappa shape index (κ1) is 16.4. The van der Waals surface area contributed by atoms with Gasteiger partial charge in [-0.2, -0.15) is 0 Å². The van der Waals surface area contributed by atoms with Crippen LogP contribution in [0.2, 0.25) is 10.0 Å². The molecule has 4 heteroatoms. The summed E-state index contributed by atoms with van der Waals surface area (Å²) in [7, 11) is 2.29. The van der Waals surface area contributed by atoms with Gasteiger partial charge in [-0.25, -0.2) is 0 Å². The summed E-state index contributed by atoms with van der Waals surface area (Å²) in [6, 6.07) is 7.01. The number of hydrogen-bond acceptors (Lipinski definition) is 2. The Hall–Kier alpha value is -0.440. The molecule has 0 aliphatic carbocycles. The number of hydrogen-bond donors (Lipinski definition) is 0. The Bertz CT molecular complexity index is 522. The van der Waals surface area contributed by atoms with Crippen LogP contribution in [0.1, 0.15) is 39.0 Å². The largest absolute Gasteiger partial charge is 0.493 e. The van der Waals surface area contributed by atoms with Gasteiger partial charge in [0.2, 0.25) is 0 Å². The van der Waals surface area contributed by atoms with Crippen molar-refractivity contribution in [3.05, 3.63) is 28.2 Å². The van der Waals surface area contributed by atoms with Crippen molar-refractivity contribution < 1.29 is 4.74 Å². The second-order valence-electron chi connectivity index (χ2n) is 6.80. The first-order valence-electron chi connectivity index (χ1n) is 8.40. The lowest BCUT2D eigenvalue weighted by Crippen LogP contribution is -2.48. The topological polar surface area (TPSA) is 12.5 Å². The summed E-state index contributed by atoms with van der Waals surface area (Å²) in [4.78, 5) is 2.59. The molecule has 2 aliphatic rings. The van der Waals surface area contributed by atoms with Gasteiger partial charge in [-0.05, 0) is 44.4 Å². The zero-order chi connectivity index (χ0) is 15.7.